The molecular weight excluding hydrogens is 673 g/mol. The van der Waals surface area contributed by atoms with Crippen LogP contribution >= 0.6 is 0 Å². The van der Waals surface area contributed by atoms with Gasteiger partial charge >= 0.3 is 0 Å². The Balaban J connectivity index is 1.30. The molecule has 12 rings (SSSR count). The zero-order valence-corrected chi connectivity index (χ0v) is 32.9. The van der Waals surface area contributed by atoms with Crippen LogP contribution in [0.1, 0.15) is 51.4 Å². The van der Waals surface area contributed by atoms with E-state index >= 15 is 0 Å². The van der Waals surface area contributed by atoms with E-state index in [9.17, 15) is 0 Å². The predicted molar refractivity (Wildman–Crippen MR) is 241 cm³/mol. The molecule has 266 valence electrons. The fourth-order valence-electron chi connectivity index (χ4n) is 11.3. The molecule has 0 amide bonds. The highest BCUT2D eigenvalue weighted by Crippen LogP contribution is 2.55. The summed E-state index contributed by atoms with van der Waals surface area (Å²) in [6, 6.07) is 47.3. The molecule has 0 N–H and O–H groups in total. The van der Waals surface area contributed by atoms with Crippen LogP contribution in [0, 0.1) is 40.5 Å². The summed E-state index contributed by atoms with van der Waals surface area (Å²) in [5.74, 6) is 0.512. The van der Waals surface area contributed by atoms with Crippen molar-refractivity contribution in [2.45, 2.75) is 48.0 Å². The molecule has 0 aromatic heterocycles. The monoisotopic (exact) mass is 714 g/mol. The Labute approximate surface area is 328 Å². The van der Waals surface area contributed by atoms with Gasteiger partial charge in [-0.3, -0.25) is 0 Å². The standard InChI is InChI=1S/C56H42/c1-29-21-36-16-10-17-37-39-23-41-43-27-50(53-32(4)13-8-14-33(53)5)47-28-51-40(38-18-9-15-35-20-19-34(6)54(51)56(35)38)24-42(47)44(43)26-49(52-30(2)11-7-12-31(52)3)46(41)25-45(39)48(22-29)55(36)37/h7-20,22-29H,21H2,1-6H3. The summed E-state index contributed by atoms with van der Waals surface area (Å²) in [6.45, 7) is 13.8. The number of hydrogen-bond donors (Lipinski definition) is 0. The highest BCUT2D eigenvalue weighted by molar-refractivity contribution is 6.28. The summed E-state index contributed by atoms with van der Waals surface area (Å²) < 4.78 is 0. The van der Waals surface area contributed by atoms with Gasteiger partial charge in [-0.05, 0) is 232 Å². The number of rotatable bonds is 2. The van der Waals surface area contributed by atoms with E-state index in [2.05, 4.69) is 169 Å². The lowest BCUT2D eigenvalue weighted by Crippen LogP contribution is -2.06. The summed E-state index contributed by atoms with van der Waals surface area (Å²) in [6.07, 6.45) is 3.64. The number of allylic oxidation sites excluding steroid dienone is 1. The fraction of sp³-hybridized carbons (Fsp3) is 0.143. The Hall–Kier alpha value is -6.24. The summed E-state index contributed by atoms with van der Waals surface area (Å²) in [4.78, 5) is 0. The highest BCUT2D eigenvalue weighted by atomic mass is 14.3. The molecule has 0 saturated carbocycles. The van der Waals surface area contributed by atoms with E-state index in [1.165, 1.54) is 149 Å². The second-order valence-corrected chi connectivity index (χ2v) is 17.1. The van der Waals surface area contributed by atoms with Gasteiger partial charge in [0.1, 0.15) is 0 Å². The lowest BCUT2D eigenvalue weighted by atomic mass is 9.82. The molecule has 0 aliphatic heterocycles. The maximum Gasteiger partial charge on any atom is -0.00237 e. The summed E-state index contributed by atoms with van der Waals surface area (Å²) >= 11 is 0. The van der Waals surface area contributed by atoms with Crippen molar-refractivity contribution in [3.63, 3.8) is 0 Å². The molecule has 0 saturated heterocycles. The Kier molecular flexibility index (Phi) is 6.40. The minimum Gasteiger partial charge on any atom is -0.0728 e. The van der Waals surface area contributed by atoms with Crippen LogP contribution < -0.4 is 0 Å². The number of fused-ring (bicyclic) bond motifs is 11. The molecule has 56 heavy (non-hydrogen) atoms. The first kappa shape index (κ1) is 32.0. The van der Waals surface area contributed by atoms with Crippen molar-refractivity contribution in [3.8, 4) is 55.6 Å². The lowest BCUT2D eigenvalue weighted by Gasteiger charge is -2.21. The molecular formula is C56H42. The van der Waals surface area contributed by atoms with Crippen LogP contribution in [0.3, 0.4) is 0 Å². The Bertz CT molecular complexity index is 3290. The minimum absolute atomic E-state index is 0.512. The van der Waals surface area contributed by atoms with E-state index in [-0.39, 0.29) is 0 Å². The topological polar surface area (TPSA) is 0 Å². The van der Waals surface area contributed by atoms with Gasteiger partial charge in [0, 0.05) is 0 Å². The average Bonchev–Trinajstić information content (AvgIpc) is 3.68. The molecule has 9 aromatic rings. The van der Waals surface area contributed by atoms with Crippen molar-refractivity contribution >= 4 is 48.7 Å². The van der Waals surface area contributed by atoms with Crippen molar-refractivity contribution < 1.29 is 0 Å². The van der Waals surface area contributed by atoms with E-state index in [4.69, 9.17) is 0 Å². The zero-order chi connectivity index (χ0) is 37.7. The number of hydrogen-bond acceptors (Lipinski definition) is 0. The maximum absolute atomic E-state index is 2.57. The van der Waals surface area contributed by atoms with Crippen LogP contribution in [-0.2, 0) is 6.42 Å². The third-order valence-corrected chi connectivity index (χ3v) is 13.7. The van der Waals surface area contributed by atoms with E-state index in [1.54, 1.807) is 0 Å². The van der Waals surface area contributed by atoms with Crippen LogP contribution in [0.25, 0.3) is 104 Å². The van der Waals surface area contributed by atoms with E-state index < -0.39 is 0 Å². The van der Waals surface area contributed by atoms with Gasteiger partial charge in [0.2, 0.25) is 0 Å². The Morgan fingerprint density at radius 3 is 1.50 bits per heavy atom. The van der Waals surface area contributed by atoms with Gasteiger partial charge in [-0.2, -0.15) is 0 Å². The van der Waals surface area contributed by atoms with Gasteiger partial charge in [0.15, 0.2) is 0 Å². The first-order chi connectivity index (χ1) is 27.2. The second-order valence-electron chi connectivity index (χ2n) is 17.1. The molecule has 1 unspecified atom stereocenters. The van der Waals surface area contributed by atoms with Crippen LogP contribution in [0.15, 0.2) is 127 Å². The number of aryl methyl sites for hydroxylation is 5. The molecule has 0 heterocycles. The van der Waals surface area contributed by atoms with Gasteiger partial charge in [0.05, 0.1) is 0 Å². The summed E-state index contributed by atoms with van der Waals surface area (Å²) in [7, 11) is 0. The first-order valence-corrected chi connectivity index (χ1v) is 20.3. The average molecular weight is 715 g/mol. The third kappa shape index (κ3) is 4.14. The fourth-order valence-corrected chi connectivity index (χ4v) is 11.3. The SMILES string of the molecule is Cc1cccc(C)c1-c1cc2c3cc4c(cc3c(-c3c(C)cccc3C)cc2c2cc3c(cc12)C1=CC(C)Cc2cccc-3c21)-c1c(C)ccc2cccc-4c12. The molecule has 0 radical (unpaired) electrons. The molecule has 0 fully saturated rings. The van der Waals surface area contributed by atoms with Gasteiger partial charge in [0.25, 0.3) is 0 Å². The van der Waals surface area contributed by atoms with Crippen LogP contribution in [0.5, 0.6) is 0 Å². The molecule has 3 aliphatic rings. The molecule has 3 aliphatic carbocycles. The van der Waals surface area contributed by atoms with E-state index in [0.29, 0.717) is 5.92 Å². The van der Waals surface area contributed by atoms with Crippen molar-refractivity contribution in [2.75, 3.05) is 0 Å². The minimum atomic E-state index is 0.512. The van der Waals surface area contributed by atoms with Crippen molar-refractivity contribution in [2.24, 2.45) is 5.92 Å². The second kappa shape index (κ2) is 11.2. The summed E-state index contributed by atoms with van der Waals surface area (Å²) in [5.41, 5.74) is 25.9. The van der Waals surface area contributed by atoms with Gasteiger partial charge in [-0.25, -0.2) is 0 Å². The van der Waals surface area contributed by atoms with Gasteiger partial charge in [-0.15, -0.1) is 0 Å². The van der Waals surface area contributed by atoms with Crippen LogP contribution in [-0.4, -0.2) is 0 Å². The van der Waals surface area contributed by atoms with Crippen molar-refractivity contribution in [3.05, 3.63) is 172 Å². The van der Waals surface area contributed by atoms with Gasteiger partial charge in [-0.1, -0.05) is 97.9 Å². The predicted octanol–water partition coefficient (Wildman–Crippen LogP) is 15.4. The normalized spacial score (nSPS) is 14.8. The molecule has 0 spiro atoms. The smallest absolute Gasteiger partial charge is 0.00237 e. The van der Waals surface area contributed by atoms with Gasteiger partial charge < -0.3 is 0 Å². The van der Waals surface area contributed by atoms with Crippen LogP contribution in [0.2, 0.25) is 0 Å². The maximum atomic E-state index is 2.57. The lowest BCUT2D eigenvalue weighted by molar-refractivity contribution is 0.715. The van der Waals surface area contributed by atoms with E-state index in [1.807, 2.05) is 0 Å². The number of benzene rings is 9. The molecule has 0 heteroatoms. The Morgan fingerprint density at radius 2 is 0.857 bits per heavy atom. The molecule has 0 nitrogen and oxygen atoms in total. The van der Waals surface area contributed by atoms with Crippen molar-refractivity contribution in [1.82, 2.24) is 0 Å². The molecule has 0 bridgehead atoms. The van der Waals surface area contributed by atoms with Crippen molar-refractivity contribution in [1.29, 1.82) is 0 Å². The summed E-state index contributed by atoms with van der Waals surface area (Å²) in [5, 5.41) is 10.7. The highest BCUT2D eigenvalue weighted by Gasteiger charge is 2.31. The largest absolute Gasteiger partial charge is 0.0728 e. The molecule has 1 atom stereocenters. The first-order valence-electron chi connectivity index (χ1n) is 20.3. The van der Waals surface area contributed by atoms with E-state index in [0.717, 1.165) is 6.42 Å². The van der Waals surface area contributed by atoms with Crippen LogP contribution in [0.4, 0.5) is 0 Å². The zero-order valence-electron chi connectivity index (χ0n) is 32.9. The molecule has 9 aromatic carbocycles. The Morgan fingerprint density at radius 1 is 0.375 bits per heavy atom. The quantitative estimate of drug-likeness (QED) is 0.156. The third-order valence-electron chi connectivity index (χ3n) is 13.7.